The molecule has 0 spiro atoms. The van der Waals surface area contributed by atoms with Gasteiger partial charge in [-0.2, -0.15) is 4.99 Å². The van der Waals surface area contributed by atoms with Gasteiger partial charge in [-0.15, -0.1) is 0 Å². The van der Waals surface area contributed by atoms with Crippen LogP contribution in [0.1, 0.15) is 6.92 Å². The van der Waals surface area contributed by atoms with E-state index in [9.17, 15) is 4.79 Å². The molecule has 0 saturated heterocycles. The number of rotatable bonds is 2. The molecule has 0 aromatic heterocycles. The molecule has 72 valence electrons. The summed E-state index contributed by atoms with van der Waals surface area (Å²) >= 11 is 0. The molecule has 0 radical (unpaired) electrons. The minimum atomic E-state index is -1.01. The maximum absolute atomic E-state index is 10.4. The van der Waals surface area contributed by atoms with Gasteiger partial charge in [0.15, 0.2) is 0 Å². The Morgan fingerprint density at radius 1 is 1.77 bits per heavy atom. The molecule has 0 amide bonds. The summed E-state index contributed by atoms with van der Waals surface area (Å²) < 4.78 is 0. The predicted octanol–water partition coefficient (Wildman–Crippen LogP) is -0.283. The highest BCUT2D eigenvalue weighted by molar-refractivity contribution is 6.00. The van der Waals surface area contributed by atoms with Gasteiger partial charge in [-0.1, -0.05) is 0 Å². The molecule has 6 heteroatoms. The van der Waals surface area contributed by atoms with Gasteiger partial charge < -0.3 is 15.1 Å². The highest BCUT2D eigenvalue weighted by atomic mass is 16.4. The van der Waals surface area contributed by atoms with Crippen molar-refractivity contribution < 1.29 is 15.0 Å². The van der Waals surface area contributed by atoms with Crippen LogP contribution in [0, 0.1) is 0 Å². The number of carboxylic acid groups (broad SMARTS) is 1. The number of aliphatic hydroxyl groups excluding tert-OH is 1. The molecule has 0 aliphatic carbocycles. The van der Waals surface area contributed by atoms with Crippen LogP contribution in [0.3, 0.4) is 0 Å². The van der Waals surface area contributed by atoms with Gasteiger partial charge >= 0.3 is 5.97 Å². The van der Waals surface area contributed by atoms with E-state index in [1.165, 1.54) is 6.92 Å². The summed E-state index contributed by atoms with van der Waals surface area (Å²) in [4.78, 5) is 19.5. The summed E-state index contributed by atoms with van der Waals surface area (Å²) in [7, 11) is 1.68. The largest absolute Gasteiger partial charge is 0.495 e. The van der Waals surface area contributed by atoms with E-state index in [4.69, 9.17) is 10.2 Å². The van der Waals surface area contributed by atoms with Gasteiger partial charge in [-0.25, -0.2) is 9.79 Å². The Hall–Kier alpha value is -1.59. The molecule has 0 bridgehead atoms. The number of guanidine groups is 1. The summed E-state index contributed by atoms with van der Waals surface area (Å²) in [5, 5.41) is 17.6. The Morgan fingerprint density at radius 2 is 2.38 bits per heavy atom. The Bertz CT molecular complexity index is 285. The Labute approximate surface area is 75.2 Å². The smallest absolute Gasteiger partial charge is 0.328 e. The molecule has 0 fully saturated rings. The van der Waals surface area contributed by atoms with Crippen LogP contribution in [0.2, 0.25) is 0 Å². The second kappa shape index (κ2) is 3.42. The van der Waals surface area contributed by atoms with Crippen molar-refractivity contribution in [2.24, 2.45) is 9.98 Å². The third-order valence-corrected chi connectivity index (χ3v) is 1.62. The summed E-state index contributed by atoms with van der Waals surface area (Å²) in [6, 6.07) is -0.841. The van der Waals surface area contributed by atoms with Crippen LogP contribution in [0.5, 0.6) is 0 Å². The number of aliphatic imine (C=N–C) groups is 2. The van der Waals surface area contributed by atoms with Crippen LogP contribution in [-0.2, 0) is 4.79 Å². The number of aliphatic carboxylic acids is 1. The summed E-state index contributed by atoms with van der Waals surface area (Å²) in [5.74, 6) is -0.797. The zero-order chi connectivity index (χ0) is 10.0. The van der Waals surface area contributed by atoms with Gasteiger partial charge in [0.1, 0.15) is 6.04 Å². The van der Waals surface area contributed by atoms with E-state index in [-0.39, 0.29) is 18.4 Å². The van der Waals surface area contributed by atoms with Crippen molar-refractivity contribution in [1.29, 1.82) is 0 Å². The van der Waals surface area contributed by atoms with Gasteiger partial charge in [-0.05, 0) is 6.92 Å². The Balaban J connectivity index is 2.76. The van der Waals surface area contributed by atoms with E-state index in [1.807, 2.05) is 0 Å². The van der Waals surface area contributed by atoms with Gasteiger partial charge in [0, 0.05) is 7.05 Å². The number of hydrogen-bond donors (Lipinski definition) is 2. The monoisotopic (exact) mass is 185 g/mol. The average Bonchev–Trinajstić information content (AvgIpc) is 2.30. The van der Waals surface area contributed by atoms with E-state index < -0.39 is 12.0 Å². The number of carbonyl (C=O) groups is 1. The highest BCUT2D eigenvalue weighted by Gasteiger charge is 2.19. The maximum Gasteiger partial charge on any atom is 0.328 e. The molecular weight excluding hydrogens is 174 g/mol. The third kappa shape index (κ3) is 2.17. The number of hydrogen-bond acceptors (Lipinski definition) is 2. The number of carboxylic acids is 1. The maximum atomic E-state index is 10.4. The first-order valence-corrected chi connectivity index (χ1v) is 3.79. The minimum Gasteiger partial charge on any atom is -0.495 e. The first-order valence-electron chi connectivity index (χ1n) is 3.79. The SMILES string of the molecule is CC(N=C1N=C(O)CN1C)C(=O)O. The first kappa shape index (κ1) is 9.50. The van der Waals surface area contributed by atoms with E-state index in [1.54, 1.807) is 11.9 Å². The normalized spacial score (nSPS) is 21.8. The number of nitrogens with zero attached hydrogens (tertiary/aromatic N) is 3. The second-order valence-electron chi connectivity index (χ2n) is 2.83. The van der Waals surface area contributed by atoms with Crippen molar-refractivity contribution in [3.05, 3.63) is 0 Å². The quantitative estimate of drug-likeness (QED) is 0.619. The van der Waals surface area contributed by atoms with Crippen LogP contribution < -0.4 is 0 Å². The molecule has 0 aromatic rings. The molecule has 1 atom stereocenters. The lowest BCUT2D eigenvalue weighted by Gasteiger charge is -2.09. The lowest BCUT2D eigenvalue weighted by molar-refractivity contribution is -0.138. The summed E-state index contributed by atoms with van der Waals surface area (Å²) in [5.41, 5.74) is 0. The fourth-order valence-corrected chi connectivity index (χ4v) is 0.875. The van der Waals surface area contributed by atoms with Crippen molar-refractivity contribution in [2.45, 2.75) is 13.0 Å². The lowest BCUT2D eigenvalue weighted by atomic mass is 10.4. The van der Waals surface area contributed by atoms with Crippen LogP contribution in [0.4, 0.5) is 0 Å². The van der Waals surface area contributed by atoms with Crippen molar-refractivity contribution in [1.82, 2.24) is 4.90 Å². The van der Waals surface area contributed by atoms with Crippen molar-refractivity contribution >= 4 is 17.8 Å². The minimum absolute atomic E-state index is 0.0427. The van der Waals surface area contributed by atoms with E-state index in [0.717, 1.165) is 0 Å². The van der Waals surface area contributed by atoms with Crippen molar-refractivity contribution in [2.75, 3.05) is 13.6 Å². The topological polar surface area (TPSA) is 85.5 Å². The molecule has 1 aliphatic rings. The molecule has 1 aliphatic heterocycles. The molecule has 1 heterocycles. The number of aliphatic hydroxyl groups is 1. The number of likely N-dealkylation sites (N-methyl/N-ethyl adjacent to an activating group) is 1. The fraction of sp³-hybridized carbons (Fsp3) is 0.571. The van der Waals surface area contributed by atoms with Gasteiger partial charge in [0.2, 0.25) is 11.9 Å². The zero-order valence-corrected chi connectivity index (χ0v) is 7.43. The third-order valence-electron chi connectivity index (χ3n) is 1.62. The zero-order valence-electron chi connectivity index (χ0n) is 7.43. The van der Waals surface area contributed by atoms with E-state index in [2.05, 4.69) is 9.98 Å². The molecule has 6 nitrogen and oxygen atoms in total. The van der Waals surface area contributed by atoms with Gasteiger partial charge in [0.25, 0.3) is 0 Å². The van der Waals surface area contributed by atoms with Crippen LogP contribution in [0.15, 0.2) is 9.98 Å². The van der Waals surface area contributed by atoms with Crippen LogP contribution >= 0.6 is 0 Å². The average molecular weight is 185 g/mol. The van der Waals surface area contributed by atoms with Gasteiger partial charge in [0.05, 0.1) is 6.54 Å². The van der Waals surface area contributed by atoms with Gasteiger partial charge in [-0.3, -0.25) is 0 Å². The van der Waals surface area contributed by atoms with Crippen molar-refractivity contribution in [3.8, 4) is 0 Å². The fourth-order valence-electron chi connectivity index (χ4n) is 0.875. The standard InChI is InChI=1S/C7H11N3O3/c1-4(6(12)13)8-7-9-5(11)3-10(7)2/h4H,3H2,1-2H3,(H,12,13)(H,8,9,11). The molecule has 0 saturated carbocycles. The molecule has 1 rings (SSSR count). The molecule has 2 N–H and O–H groups in total. The Kier molecular flexibility index (Phi) is 2.50. The molecule has 0 aromatic carbocycles. The molecule has 13 heavy (non-hydrogen) atoms. The van der Waals surface area contributed by atoms with E-state index >= 15 is 0 Å². The van der Waals surface area contributed by atoms with E-state index in [0.29, 0.717) is 0 Å². The summed E-state index contributed by atoms with van der Waals surface area (Å²) in [6.07, 6.45) is 0. The predicted molar refractivity (Wildman–Crippen MR) is 47.2 cm³/mol. The first-order chi connectivity index (χ1) is 6.00. The second-order valence-corrected chi connectivity index (χ2v) is 2.83. The Morgan fingerprint density at radius 3 is 2.77 bits per heavy atom. The van der Waals surface area contributed by atoms with Crippen molar-refractivity contribution in [3.63, 3.8) is 0 Å². The summed E-state index contributed by atoms with van der Waals surface area (Å²) in [6.45, 7) is 1.74. The molecular formula is C7H11N3O3. The van der Waals surface area contributed by atoms with Crippen LogP contribution in [0.25, 0.3) is 0 Å². The molecule has 1 unspecified atom stereocenters. The van der Waals surface area contributed by atoms with Crippen LogP contribution in [-0.4, -0.2) is 52.6 Å². The lowest BCUT2D eigenvalue weighted by Crippen LogP contribution is -2.25. The highest BCUT2D eigenvalue weighted by Crippen LogP contribution is 2.02.